The van der Waals surface area contributed by atoms with E-state index in [2.05, 4.69) is 22.2 Å². The van der Waals surface area contributed by atoms with E-state index in [9.17, 15) is 8.78 Å². The van der Waals surface area contributed by atoms with Crippen LogP contribution in [-0.2, 0) is 4.74 Å². The first kappa shape index (κ1) is 24.7. The van der Waals surface area contributed by atoms with Gasteiger partial charge in [0, 0.05) is 41.1 Å². The van der Waals surface area contributed by atoms with Crippen molar-refractivity contribution in [3.63, 3.8) is 0 Å². The number of allylic oxidation sites excluding steroid dienone is 3. The molecule has 1 aromatic carbocycles. The minimum absolute atomic E-state index is 0.0249. The van der Waals surface area contributed by atoms with Crippen LogP contribution in [0.3, 0.4) is 0 Å². The zero-order chi connectivity index (χ0) is 23.6. The first-order chi connectivity index (χ1) is 16.0. The third-order valence-electron chi connectivity index (χ3n) is 5.31. The molecular formula is C26H28ClF2N3O. The fourth-order valence-electron chi connectivity index (χ4n) is 3.59. The number of benzene rings is 1. The molecule has 0 spiro atoms. The molecule has 2 heterocycles. The zero-order valence-corrected chi connectivity index (χ0v) is 19.3. The normalized spacial score (nSPS) is 20.1. The maximum absolute atomic E-state index is 14.2. The van der Waals surface area contributed by atoms with E-state index in [4.69, 9.17) is 16.3 Å². The van der Waals surface area contributed by atoms with E-state index < -0.39 is 5.83 Å². The predicted molar refractivity (Wildman–Crippen MR) is 130 cm³/mol. The second kappa shape index (κ2) is 12.3. The van der Waals surface area contributed by atoms with Gasteiger partial charge in [-0.1, -0.05) is 24.3 Å². The minimum atomic E-state index is -0.496. The van der Waals surface area contributed by atoms with Gasteiger partial charge < -0.3 is 15.4 Å². The van der Waals surface area contributed by atoms with Crippen LogP contribution < -0.4 is 10.6 Å². The highest BCUT2D eigenvalue weighted by molar-refractivity contribution is 6.32. The van der Waals surface area contributed by atoms with Crippen LogP contribution in [0.15, 0.2) is 84.0 Å². The lowest BCUT2D eigenvalue weighted by Crippen LogP contribution is -2.37. The summed E-state index contributed by atoms with van der Waals surface area (Å²) in [7, 11) is 0. The molecule has 174 valence electrons. The van der Waals surface area contributed by atoms with Crippen molar-refractivity contribution in [3.05, 3.63) is 101 Å². The number of hydrogen-bond acceptors (Lipinski definition) is 4. The van der Waals surface area contributed by atoms with Crippen molar-refractivity contribution in [2.75, 3.05) is 19.8 Å². The maximum atomic E-state index is 14.2. The average Bonchev–Trinajstić information content (AvgIpc) is 2.83. The Kier molecular flexibility index (Phi) is 9.22. The Labute approximate surface area is 198 Å². The molecule has 4 nitrogen and oxygen atoms in total. The van der Waals surface area contributed by atoms with Crippen LogP contribution >= 0.6 is 11.6 Å². The van der Waals surface area contributed by atoms with Gasteiger partial charge in [0.05, 0.1) is 24.6 Å². The molecule has 0 saturated heterocycles. The highest BCUT2D eigenvalue weighted by atomic mass is 35.5. The first-order valence-corrected chi connectivity index (χ1v) is 11.2. The molecule has 2 N–H and O–H groups in total. The molecule has 0 bridgehead atoms. The van der Waals surface area contributed by atoms with Crippen LogP contribution in [0.1, 0.15) is 30.9 Å². The Morgan fingerprint density at radius 2 is 1.88 bits per heavy atom. The number of aromatic nitrogens is 1. The van der Waals surface area contributed by atoms with Gasteiger partial charge in [-0.05, 0) is 67.8 Å². The van der Waals surface area contributed by atoms with Crippen molar-refractivity contribution in [2.24, 2.45) is 0 Å². The quantitative estimate of drug-likeness (QED) is 0.466. The molecule has 1 atom stereocenters. The highest BCUT2D eigenvalue weighted by Crippen LogP contribution is 2.26. The lowest BCUT2D eigenvalue weighted by atomic mass is 10.0. The Morgan fingerprint density at radius 1 is 1.18 bits per heavy atom. The molecule has 2 aromatic rings. The standard InChI is InChI=1S/C26H28ClF2N3O/c1-3-23(27)22(24(29)4-2)17-33-16-21-6-5-13-31-25(18-7-9-20(28)10-8-18)26(32-21)19-11-14-30-15-12-19/h3-4,7-12,14-15,21,31-32H,2,5-6,13,16-17H2,1H3/b23-3+,24-22+,26-25-/t21-/m0/s1. The Morgan fingerprint density at radius 3 is 2.55 bits per heavy atom. The van der Waals surface area contributed by atoms with E-state index in [1.807, 2.05) is 12.1 Å². The molecule has 1 aromatic heterocycles. The monoisotopic (exact) mass is 471 g/mol. The van der Waals surface area contributed by atoms with Gasteiger partial charge in [-0.25, -0.2) is 8.78 Å². The van der Waals surface area contributed by atoms with Crippen LogP contribution in [0.2, 0.25) is 0 Å². The summed E-state index contributed by atoms with van der Waals surface area (Å²) >= 11 is 6.15. The van der Waals surface area contributed by atoms with Crippen LogP contribution in [0, 0.1) is 5.82 Å². The van der Waals surface area contributed by atoms with E-state index in [0.717, 1.165) is 48.0 Å². The van der Waals surface area contributed by atoms with Crippen LogP contribution in [0.4, 0.5) is 8.78 Å². The van der Waals surface area contributed by atoms with Crippen molar-refractivity contribution >= 4 is 23.0 Å². The average molecular weight is 472 g/mol. The van der Waals surface area contributed by atoms with Crippen LogP contribution in [0.25, 0.3) is 11.4 Å². The molecule has 0 radical (unpaired) electrons. The molecule has 1 aliphatic heterocycles. The van der Waals surface area contributed by atoms with E-state index in [-0.39, 0.29) is 24.0 Å². The van der Waals surface area contributed by atoms with E-state index >= 15 is 0 Å². The van der Waals surface area contributed by atoms with Crippen molar-refractivity contribution in [1.82, 2.24) is 15.6 Å². The Hall–Kier alpha value is -2.96. The SMILES string of the molecule is C=C/C(F)=C(COC[C@@H]1CCCN/C(c2ccc(F)cc2)=C(/c2ccncc2)N1)\C(Cl)=C/C. The third-order valence-corrected chi connectivity index (χ3v) is 5.75. The summed E-state index contributed by atoms with van der Waals surface area (Å²) in [5.41, 5.74) is 3.84. The summed E-state index contributed by atoms with van der Waals surface area (Å²) in [5.74, 6) is -0.783. The van der Waals surface area contributed by atoms with E-state index in [1.54, 1.807) is 37.5 Å². The van der Waals surface area contributed by atoms with Crippen LogP contribution in [-0.4, -0.2) is 30.8 Å². The second-order valence-corrected chi connectivity index (χ2v) is 7.99. The van der Waals surface area contributed by atoms with Gasteiger partial charge in [0.1, 0.15) is 11.6 Å². The molecule has 3 rings (SSSR count). The van der Waals surface area contributed by atoms with E-state index in [0.29, 0.717) is 11.6 Å². The largest absolute Gasteiger partial charge is 0.383 e. The van der Waals surface area contributed by atoms with Gasteiger partial charge in [-0.2, -0.15) is 0 Å². The fraction of sp³-hybridized carbons (Fsp3) is 0.269. The number of hydrogen-bond donors (Lipinski definition) is 2. The summed E-state index contributed by atoms with van der Waals surface area (Å²) in [6.07, 6.45) is 7.95. The Balaban J connectivity index is 1.86. The maximum Gasteiger partial charge on any atom is 0.129 e. The number of rotatable bonds is 8. The minimum Gasteiger partial charge on any atom is -0.383 e. The first-order valence-electron chi connectivity index (χ1n) is 10.9. The van der Waals surface area contributed by atoms with Gasteiger partial charge in [0.25, 0.3) is 0 Å². The van der Waals surface area contributed by atoms with Crippen molar-refractivity contribution in [3.8, 4) is 0 Å². The van der Waals surface area contributed by atoms with Crippen LogP contribution in [0.5, 0.6) is 0 Å². The smallest absolute Gasteiger partial charge is 0.129 e. The molecule has 0 unspecified atom stereocenters. The Bertz CT molecular complexity index is 1030. The summed E-state index contributed by atoms with van der Waals surface area (Å²) < 4.78 is 33.6. The summed E-state index contributed by atoms with van der Waals surface area (Å²) in [6.45, 7) is 6.36. The van der Waals surface area contributed by atoms with Gasteiger partial charge >= 0.3 is 0 Å². The van der Waals surface area contributed by atoms with Gasteiger partial charge in [0.2, 0.25) is 0 Å². The molecule has 0 amide bonds. The number of nitrogens with zero attached hydrogens (tertiary/aromatic N) is 1. The number of nitrogens with one attached hydrogen (secondary N) is 2. The van der Waals surface area contributed by atoms with Gasteiger partial charge in [-0.15, -0.1) is 0 Å². The second-order valence-electron chi connectivity index (χ2n) is 7.59. The topological polar surface area (TPSA) is 46.2 Å². The van der Waals surface area contributed by atoms with Crippen molar-refractivity contribution in [2.45, 2.75) is 25.8 Å². The fourth-order valence-corrected chi connectivity index (χ4v) is 3.73. The lowest BCUT2D eigenvalue weighted by Gasteiger charge is -2.28. The lowest BCUT2D eigenvalue weighted by molar-refractivity contribution is 0.132. The number of pyridine rings is 1. The van der Waals surface area contributed by atoms with Gasteiger partial charge in [-0.3, -0.25) is 4.98 Å². The summed E-state index contributed by atoms with van der Waals surface area (Å²) in [6, 6.07) is 10.2. The molecule has 0 saturated carbocycles. The number of ether oxygens (including phenoxy) is 1. The molecular weight excluding hydrogens is 444 g/mol. The molecule has 1 aliphatic rings. The molecule has 7 heteroatoms. The molecule has 33 heavy (non-hydrogen) atoms. The van der Waals surface area contributed by atoms with Crippen molar-refractivity contribution in [1.29, 1.82) is 0 Å². The predicted octanol–water partition coefficient (Wildman–Crippen LogP) is 5.96. The van der Waals surface area contributed by atoms with Crippen molar-refractivity contribution < 1.29 is 13.5 Å². The highest BCUT2D eigenvalue weighted by Gasteiger charge is 2.20. The molecule has 0 aliphatic carbocycles. The molecule has 0 fully saturated rings. The van der Waals surface area contributed by atoms with Gasteiger partial charge in [0.15, 0.2) is 0 Å². The summed E-state index contributed by atoms with van der Waals surface area (Å²) in [5, 5.41) is 7.38. The zero-order valence-electron chi connectivity index (χ0n) is 18.6. The van der Waals surface area contributed by atoms with E-state index in [1.165, 1.54) is 12.1 Å². The summed E-state index contributed by atoms with van der Waals surface area (Å²) in [4.78, 5) is 4.12. The third kappa shape index (κ3) is 6.76. The number of halogens is 3.